The van der Waals surface area contributed by atoms with Gasteiger partial charge in [0.2, 0.25) is 27.7 Å². The Morgan fingerprint density at radius 1 is 1.21 bits per heavy atom. The molecule has 1 aromatic carbocycles. The standard InChI is InChI=1S/C15H25NO3S.C13H16ClN3O2.C5H5NOS/c1-3-4-5-6-7-8-12-11-13(12)14(17)16-20(18,19)15(2)9-10-15;14-9-3-5-10(6-4-9)16-8-12(18)17-7-1-2-11(17)13(15)19;1-2-4-3-6-5(7)8-4/h7-8,12-13H,3-6,9-11H2,1-2H3,(H,16,17);3-6,11,16H,1-2,7-8H2,(H2,15,19);2-3H,1H2,(H,6,7)/b8-7-;;. The number of aromatic nitrogens is 1. The second-order valence-corrected chi connectivity index (χ2v) is 15.8. The summed E-state index contributed by atoms with van der Waals surface area (Å²) >= 11 is 6.94. The molecule has 0 radical (unpaired) electrons. The first kappa shape index (κ1) is 38.0. The lowest BCUT2D eigenvalue weighted by Crippen LogP contribution is -2.45. The fourth-order valence-electron chi connectivity index (χ4n) is 4.89. The van der Waals surface area contributed by atoms with Gasteiger partial charge in [-0.05, 0) is 82.1 Å². The van der Waals surface area contributed by atoms with Crippen LogP contribution in [0.15, 0.2) is 54.0 Å². The van der Waals surface area contributed by atoms with Crippen LogP contribution in [0.4, 0.5) is 5.69 Å². The van der Waals surface area contributed by atoms with Crippen molar-refractivity contribution < 1.29 is 22.8 Å². The molecule has 5 N–H and O–H groups in total. The Morgan fingerprint density at radius 3 is 2.47 bits per heavy atom. The Bertz CT molecular complexity index is 1570. The molecule has 3 unspecified atom stereocenters. The number of halogens is 1. The number of nitrogens with two attached hydrogens (primary N) is 1. The number of carbonyl (C=O) groups excluding carboxylic acids is 3. The summed E-state index contributed by atoms with van der Waals surface area (Å²) in [6.07, 6.45) is 15.7. The number of aromatic amines is 1. The Morgan fingerprint density at radius 2 is 1.91 bits per heavy atom. The fraction of sp³-hybridized carbons (Fsp3) is 0.515. The van der Waals surface area contributed by atoms with Gasteiger partial charge in [-0.15, -0.1) is 0 Å². The molecule has 2 aliphatic carbocycles. The number of nitrogens with zero attached hydrogens (tertiary/aromatic N) is 1. The average molecular weight is 708 g/mol. The van der Waals surface area contributed by atoms with Gasteiger partial charge in [0.25, 0.3) is 0 Å². The number of thiazole rings is 1. The van der Waals surface area contributed by atoms with Crippen molar-refractivity contribution >= 4 is 62.4 Å². The fourth-order valence-corrected chi connectivity index (χ4v) is 6.85. The number of nitrogens with one attached hydrogen (secondary N) is 3. The van der Waals surface area contributed by atoms with Crippen molar-refractivity contribution in [2.75, 3.05) is 18.4 Å². The van der Waals surface area contributed by atoms with Gasteiger partial charge >= 0.3 is 4.87 Å². The summed E-state index contributed by atoms with van der Waals surface area (Å²) in [6, 6.07) is 6.63. The lowest BCUT2D eigenvalue weighted by Gasteiger charge is -2.22. The van der Waals surface area contributed by atoms with Crippen LogP contribution in [0.3, 0.4) is 0 Å². The molecule has 11 nitrogen and oxygen atoms in total. The minimum absolute atomic E-state index is 0.0279. The monoisotopic (exact) mass is 707 g/mol. The third-order valence-electron chi connectivity index (χ3n) is 8.31. The van der Waals surface area contributed by atoms with Gasteiger partial charge in [0.15, 0.2) is 0 Å². The Balaban J connectivity index is 0.000000208. The minimum Gasteiger partial charge on any atom is -0.376 e. The number of primary amides is 1. The largest absolute Gasteiger partial charge is 0.376 e. The van der Waals surface area contributed by atoms with E-state index in [9.17, 15) is 27.6 Å². The molecule has 14 heteroatoms. The predicted octanol–water partition coefficient (Wildman–Crippen LogP) is 5.07. The molecule has 258 valence electrons. The highest BCUT2D eigenvalue weighted by atomic mass is 35.5. The van der Waals surface area contributed by atoms with E-state index in [2.05, 4.69) is 40.7 Å². The Kier molecular flexibility index (Phi) is 14.3. The van der Waals surface area contributed by atoms with Crippen molar-refractivity contribution in [2.45, 2.75) is 82.4 Å². The lowest BCUT2D eigenvalue weighted by molar-refractivity contribution is -0.135. The maximum Gasteiger partial charge on any atom is 0.305 e. The van der Waals surface area contributed by atoms with Crippen LogP contribution in [0.2, 0.25) is 5.02 Å². The first-order valence-corrected chi connectivity index (χ1v) is 18.6. The Labute approximate surface area is 286 Å². The van der Waals surface area contributed by atoms with Crippen molar-refractivity contribution in [2.24, 2.45) is 17.6 Å². The SMILES string of the molecule is C=Cc1c[nH]c(=O)s1.CCCCC/C=C\C1CC1C(=O)NS(=O)(=O)C1(C)CC1.NC(=O)C1CCCN1C(=O)CNc1ccc(Cl)cc1. The first-order chi connectivity index (χ1) is 22.3. The second kappa shape index (κ2) is 17.7. The van der Waals surface area contributed by atoms with Gasteiger partial charge in [-0.1, -0.05) is 67.5 Å². The zero-order valence-corrected chi connectivity index (χ0v) is 29.4. The number of likely N-dealkylation sites (tertiary alicyclic amines) is 1. The molecule has 3 aliphatic rings. The number of hydrogen-bond donors (Lipinski definition) is 4. The molecule has 1 saturated heterocycles. The smallest absolute Gasteiger partial charge is 0.305 e. The lowest BCUT2D eigenvalue weighted by atomic mass is 10.2. The van der Waals surface area contributed by atoms with Gasteiger partial charge in [-0.25, -0.2) is 8.42 Å². The molecule has 5 rings (SSSR count). The van der Waals surface area contributed by atoms with E-state index < -0.39 is 26.7 Å². The molecule has 2 heterocycles. The van der Waals surface area contributed by atoms with E-state index in [-0.39, 0.29) is 35.1 Å². The van der Waals surface area contributed by atoms with E-state index in [0.29, 0.717) is 30.8 Å². The predicted molar refractivity (Wildman–Crippen MR) is 188 cm³/mol. The molecule has 0 bridgehead atoms. The van der Waals surface area contributed by atoms with Gasteiger partial charge in [-0.3, -0.25) is 23.9 Å². The topological polar surface area (TPSA) is 172 Å². The number of carbonyl (C=O) groups is 3. The third kappa shape index (κ3) is 12.0. The van der Waals surface area contributed by atoms with Gasteiger partial charge < -0.3 is 20.9 Å². The summed E-state index contributed by atoms with van der Waals surface area (Å²) in [5.74, 6) is -0.775. The molecule has 1 aromatic heterocycles. The quantitative estimate of drug-likeness (QED) is 0.166. The number of rotatable bonds is 13. The van der Waals surface area contributed by atoms with Gasteiger partial charge in [-0.2, -0.15) is 0 Å². The van der Waals surface area contributed by atoms with Gasteiger partial charge in [0.05, 0.1) is 11.3 Å². The number of unbranched alkanes of at least 4 members (excludes halogenated alkanes) is 3. The Hall–Kier alpha value is -3.42. The summed E-state index contributed by atoms with van der Waals surface area (Å²) in [5.41, 5.74) is 6.09. The van der Waals surface area contributed by atoms with Crippen LogP contribution in [0.1, 0.15) is 76.5 Å². The average Bonchev–Trinajstić information content (AvgIpc) is 3.87. The van der Waals surface area contributed by atoms with E-state index in [1.165, 1.54) is 19.3 Å². The number of anilines is 1. The molecule has 1 aliphatic heterocycles. The van der Waals surface area contributed by atoms with Crippen molar-refractivity contribution in [3.63, 3.8) is 0 Å². The van der Waals surface area contributed by atoms with Crippen LogP contribution in [-0.4, -0.2) is 59.9 Å². The zero-order chi connectivity index (χ0) is 34.6. The van der Waals surface area contributed by atoms with Crippen molar-refractivity contribution in [1.82, 2.24) is 14.6 Å². The highest BCUT2D eigenvalue weighted by Crippen LogP contribution is 2.44. The minimum atomic E-state index is -3.47. The molecular weight excluding hydrogens is 662 g/mol. The molecule has 0 spiro atoms. The maximum atomic E-state index is 12.0. The first-order valence-electron chi connectivity index (χ1n) is 15.9. The van der Waals surface area contributed by atoms with Crippen LogP contribution < -0.4 is 20.6 Å². The highest BCUT2D eigenvalue weighted by molar-refractivity contribution is 7.91. The van der Waals surface area contributed by atoms with E-state index >= 15 is 0 Å². The second-order valence-electron chi connectivity index (χ2n) is 12.1. The summed E-state index contributed by atoms with van der Waals surface area (Å²) in [6.45, 7) is 8.10. The maximum absolute atomic E-state index is 12.0. The molecule has 2 saturated carbocycles. The van der Waals surface area contributed by atoms with Crippen molar-refractivity contribution in [3.05, 3.63) is 68.8 Å². The summed E-state index contributed by atoms with van der Waals surface area (Å²) in [7, 11) is -3.47. The van der Waals surface area contributed by atoms with E-state index in [4.69, 9.17) is 17.3 Å². The molecule has 2 aromatic rings. The number of sulfonamides is 1. The van der Waals surface area contributed by atoms with Crippen molar-refractivity contribution in [3.8, 4) is 0 Å². The number of hydrogen-bond acceptors (Lipinski definition) is 8. The van der Waals surface area contributed by atoms with E-state index in [1.54, 1.807) is 48.4 Å². The van der Waals surface area contributed by atoms with Crippen LogP contribution >= 0.6 is 22.9 Å². The molecule has 3 fully saturated rings. The zero-order valence-electron chi connectivity index (χ0n) is 27.0. The molecule has 3 atom stereocenters. The van der Waals surface area contributed by atoms with Crippen LogP contribution in [0.5, 0.6) is 0 Å². The molecular formula is C33H46ClN5O6S2. The summed E-state index contributed by atoms with van der Waals surface area (Å²) in [5, 5.41) is 3.65. The number of benzene rings is 1. The molecule has 47 heavy (non-hydrogen) atoms. The van der Waals surface area contributed by atoms with E-state index in [1.807, 2.05) is 0 Å². The summed E-state index contributed by atoms with van der Waals surface area (Å²) in [4.78, 5) is 50.4. The highest BCUT2D eigenvalue weighted by Gasteiger charge is 2.52. The van der Waals surface area contributed by atoms with Crippen LogP contribution in [-0.2, 0) is 24.4 Å². The van der Waals surface area contributed by atoms with Crippen LogP contribution in [0.25, 0.3) is 6.08 Å². The number of H-pyrrole nitrogens is 1. The van der Waals surface area contributed by atoms with Crippen LogP contribution in [0, 0.1) is 11.8 Å². The van der Waals surface area contributed by atoms with E-state index in [0.717, 1.165) is 41.2 Å². The van der Waals surface area contributed by atoms with Gasteiger partial charge in [0.1, 0.15) is 6.04 Å². The number of amides is 3. The number of allylic oxidation sites excluding steroid dienone is 2. The third-order valence-corrected chi connectivity index (χ3v) is 11.6. The van der Waals surface area contributed by atoms with Crippen molar-refractivity contribution in [1.29, 1.82) is 0 Å². The van der Waals surface area contributed by atoms with Gasteiger partial charge in [0, 0.05) is 34.2 Å². The summed E-state index contributed by atoms with van der Waals surface area (Å²) < 4.78 is 25.4. The normalized spacial score (nSPS) is 20.7. The molecule has 3 amide bonds.